The summed E-state index contributed by atoms with van der Waals surface area (Å²) in [5.41, 5.74) is 6.23. The van der Waals surface area contributed by atoms with Gasteiger partial charge in [0.05, 0.1) is 42.2 Å². The highest BCUT2D eigenvalue weighted by Gasteiger charge is 2.31. The lowest BCUT2D eigenvalue weighted by atomic mass is 10.1. The predicted octanol–water partition coefficient (Wildman–Crippen LogP) is 12.8. The molecule has 5 aromatic rings. The van der Waals surface area contributed by atoms with Crippen LogP contribution in [0.2, 0.25) is 20.1 Å². The highest BCUT2D eigenvalue weighted by atomic mass is 79.9. The molecule has 1 heterocycles. The summed E-state index contributed by atoms with van der Waals surface area (Å²) in [5, 5.41) is 9.53. The molecule has 0 aliphatic carbocycles. The van der Waals surface area contributed by atoms with E-state index in [1.165, 1.54) is 29.5 Å². The number of carbonyl (C=O) groups is 1. The third kappa shape index (κ3) is 12.9. The Labute approximate surface area is 319 Å². The summed E-state index contributed by atoms with van der Waals surface area (Å²) in [7, 11) is 0. The molecule has 0 unspecified atom stereocenters. The number of Topliss-reactive ketones (excluding diaryl/α,β-unsaturated/α-hetero) is 1. The van der Waals surface area contributed by atoms with Gasteiger partial charge in [-0.3, -0.25) is 4.79 Å². The van der Waals surface area contributed by atoms with Gasteiger partial charge in [0.15, 0.2) is 16.0 Å². The molecule has 264 valence electrons. The van der Waals surface area contributed by atoms with Crippen molar-refractivity contribution in [3.05, 3.63) is 127 Å². The molecule has 4 aromatic carbocycles. The second kappa shape index (κ2) is 18.4. The Hall–Kier alpha value is -3.11. The molecular formula is C32H21BrCl4F6N4OS2. The molecule has 4 N–H and O–H groups in total. The van der Waals surface area contributed by atoms with Crippen LogP contribution in [0, 0.1) is 0 Å². The zero-order valence-corrected chi connectivity index (χ0v) is 31.0. The van der Waals surface area contributed by atoms with E-state index >= 15 is 0 Å². The number of alkyl halides is 7. The summed E-state index contributed by atoms with van der Waals surface area (Å²) >= 11 is 32.1. The van der Waals surface area contributed by atoms with Crippen LogP contribution in [-0.4, -0.2) is 21.2 Å². The maximum atomic E-state index is 12.7. The zero-order chi connectivity index (χ0) is 37.2. The van der Waals surface area contributed by atoms with E-state index in [1.54, 1.807) is 47.8 Å². The molecular weight excluding hydrogens is 856 g/mol. The molecule has 0 spiro atoms. The summed E-state index contributed by atoms with van der Waals surface area (Å²) in [4.78, 5) is 15.5. The van der Waals surface area contributed by atoms with Gasteiger partial charge in [-0.2, -0.15) is 26.3 Å². The number of hydrogen-bond acceptors (Lipinski definition) is 5. The van der Waals surface area contributed by atoms with E-state index < -0.39 is 23.5 Å². The molecule has 0 aliphatic rings. The maximum Gasteiger partial charge on any atom is 0.416 e. The first-order chi connectivity index (χ1) is 23.4. The standard InChI is InChI=1S/C16H9Cl2F3N2S.C8H5BrCl2O.C8H7F3N2S/c17-12-5-4-9(6-13(12)18)14-8-24-15(23-14)22-11-3-1-2-10(7-11)16(19,20)21;9-4-8(12)5-1-2-6(10)7(11)3-5;9-8(10,11)5-2-1-3-6(4-5)13-7(12)14/h1-8H,(H,22,23);1-3H,4H2;1-4H,(H3,12,13,14). The lowest BCUT2D eigenvalue weighted by Crippen LogP contribution is -2.19. The third-order valence-electron chi connectivity index (χ3n) is 5.98. The van der Waals surface area contributed by atoms with E-state index in [0.717, 1.165) is 29.8 Å². The summed E-state index contributed by atoms with van der Waals surface area (Å²) < 4.78 is 74.9. The molecule has 1 aromatic heterocycles. The number of carbonyl (C=O) groups excluding carboxylic acids is 1. The van der Waals surface area contributed by atoms with Gasteiger partial charge in [-0.25, -0.2) is 4.98 Å². The highest BCUT2D eigenvalue weighted by Crippen LogP contribution is 2.34. The molecule has 0 amide bonds. The van der Waals surface area contributed by atoms with Crippen LogP contribution in [0.3, 0.4) is 0 Å². The minimum atomic E-state index is -4.38. The van der Waals surface area contributed by atoms with Crippen LogP contribution < -0.4 is 16.4 Å². The predicted molar refractivity (Wildman–Crippen MR) is 199 cm³/mol. The van der Waals surface area contributed by atoms with Crippen LogP contribution in [0.5, 0.6) is 0 Å². The van der Waals surface area contributed by atoms with Gasteiger partial charge in [0.2, 0.25) is 0 Å². The summed E-state index contributed by atoms with van der Waals surface area (Å²) in [6, 6.07) is 19.6. The Morgan fingerprint density at radius 2 is 1.32 bits per heavy atom. The lowest BCUT2D eigenvalue weighted by molar-refractivity contribution is -0.138. The Balaban J connectivity index is 0.000000222. The number of rotatable bonds is 6. The normalized spacial score (nSPS) is 11.0. The molecule has 5 rings (SSSR count). The van der Waals surface area contributed by atoms with Crippen LogP contribution in [0.25, 0.3) is 11.3 Å². The average Bonchev–Trinajstić information content (AvgIpc) is 3.51. The second-order valence-corrected chi connectivity index (χ2v) is 13.1. The van der Waals surface area contributed by atoms with Crippen molar-refractivity contribution < 1.29 is 31.1 Å². The van der Waals surface area contributed by atoms with Crippen molar-refractivity contribution in [3.63, 3.8) is 0 Å². The summed E-state index contributed by atoms with van der Waals surface area (Å²) in [6.07, 6.45) is -8.74. The fourth-order valence-corrected chi connectivity index (χ4v) is 5.46. The molecule has 0 atom stereocenters. The van der Waals surface area contributed by atoms with Gasteiger partial charge in [0.1, 0.15) is 0 Å². The first-order valence-corrected chi connectivity index (χ1v) is 17.4. The van der Waals surface area contributed by atoms with Crippen molar-refractivity contribution in [3.8, 4) is 11.3 Å². The number of anilines is 3. The van der Waals surface area contributed by atoms with E-state index in [1.807, 2.05) is 0 Å². The summed E-state index contributed by atoms with van der Waals surface area (Å²) in [5.74, 6) is -0.00596. The fraction of sp³-hybridized carbons (Fsp3) is 0.0938. The van der Waals surface area contributed by atoms with Gasteiger partial charge in [-0.05, 0) is 78.9 Å². The van der Waals surface area contributed by atoms with Gasteiger partial charge in [-0.15, -0.1) is 11.3 Å². The third-order valence-corrected chi connectivity index (χ3v) is 8.83. The van der Waals surface area contributed by atoms with Crippen LogP contribution in [0.1, 0.15) is 21.5 Å². The SMILES string of the molecule is FC(F)(F)c1cccc(Nc2nc(-c3ccc(Cl)c(Cl)c3)cs2)c1.NC(=S)Nc1cccc(C(F)(F)F)c1.O=C(CBr)c1ccc(Cl)c(Cl)c1. The number of benzene rings is 4. The second-order valence-electron chi connectivity index (χ2n) is 9.62. The molecule has 0 fully saturated rings. The monoisotopic (exact) mass is 874 g/mol. The van der Waals surface area contributed by atoms with Gasteiger partial charge in [0, 0.05) is 27.9 Å². The van der Waals surface area contributed by atoms with Crippen LogP contribution >= 0.6 is 85.9 Å². The average molecular weight is 877 g/mol. The first kappa shape index (κ1) is 41.3. The van der Waals surface area contributed by atoms with E-state index in [0.29, 0.717) is 47.5 Å². The smallest absolute Gasteiger partial charge is 0.376 e. The van der Waals surface area contributed by atoms with Crippen molar-refractivity contribution in [2.75, 3.05) is 16.0 Å². The minimum absolute atomic E-state index is 0.00596. The maximum absolute atomic E-state index is 12.7. The van der Waals surface area contributed by atoms with Crippen molar-refractivity contribution in [2.24, 2.45) is 5.73 Å². The lowest BCUT2D eigenvalue weighted by Gasteiger charge is -2.09. The quantitative estimate of drug-likeness (QED) is 0.0682. The molecule has 0 saturated heterocycles. The van der Waals surface area contributed by atoms with Crippen LogP contribution in [-0.2, 0) is 12.4 Å². The van der Waals surface area contributed by atoms with Crippen molar-refractivity contribution in [1.29, 1.82) is 0 Å². The van der Waals surface area contributed by atoms with E-state index in [9.17, 15) is 31.1 Å². The molecule has 0 saturated carbocycles. The number of nitrogens with zero attached hydrogens (tertiary/aromatic N) is 1. The number of aromatic nitrogens is 1. The minimum Gasteiger partial charge on any atom is -0.376 e. The molecule has 5 nitrogen and oxygen atoms in total. The molecule has 0 aliphatic heterocycles. The number of hydrogen-bond donors (Lipinski definition) is 3. The Morgan fingerprint density at radius 3 is 1.84 bits per heavy atom. The van der Waals surface area contributed by atoms with E-state index in [-0.39, 0.29) is 16.6 Å². The fourth-order valence-electron chi connectivity index (χ4n) is 3.68. The number of thiocarbonyl (C=S) groups is 1. The Kier molecular flexibility index (Phi) is 15.2. The van der Waals surface area contributed by atoms with Crippen LogP contribution in [0.15, 0.2) is 90.3 Å². The topological polar surface area (TPSA) is 80.0 Å². The van der Waals surface area contributed by atoms with Gasteiger partial charge >= 0.3 is 12.4 Å². The van der Waals surface area contributed by atoms with Gasteiger partial charge < -0.3 is 16.4 Å². The number of ketones is 1. The largest absolute Gasteiger partial charge is 0.416 e. The van der Waals surface area contributed by atoms with Crippen molar-refractivity contribution in [2.45, 2.75) is 12.4 Å². The Bertz CT molecular complexity index is 1960. The number of halogens is 11. The van der Waals surface area contributed by atoms with Crippen LogP contribution in [0.4, 0.5) is 42.8 Å². The zero-order valence-electron chi connectivity index (χ0n) is 24.8. The molecule has 0 bridgehead atoms. The van der Waals surface area contributed by atoms with Gasteiger partial charge in [0.25, 0.3) is 0 Å². The van der Waals surface area contributed by atoms with E-state index in [4.69, 9.17) is 52.1 Å². The number of nitrogens with two attached hydrogens (primary N) is 1. The first-order valence-electron chi connectivity index (χ1n) is 13.5. The van der Waals surface area contributed by atoms with Crippen molar-refractivity contribution in [1.82, 2.24) is 4.98 Å². The Morgan fingerprint density at radius 1 is 0.780 bits per heavy atom. The van der Waals surface area contributed by atoms with E-state index in [2.05, 4.69) is 43.8 Å². The van der Waals surface area contributed by atoms with Crippen molar-refractivity contribution >= 4 is 113 Å². The summed E-state index contributed by atoms with van der Waals surface area (Å²) in [6.45, 7) is 0. The number of thiazole rings is 1. The molecule has 18 heteroatoms. The highest BCUT2D eigenvalue weighted by molar-refractivity contribution is 9.09. The molecule has 0 radical (unpaired) electrons. The molecule has 50 heavy (non-hydrogen) atoms. The number of nitrogens with one attached hydrogen (secondary N) is 2. The van der Waals surface area contributed by atoms with Gasteiger partial charge in [-0.1, -0.05) is 80.5 Å².